The van der Waals surface area contributed by atoms with Crippen molar-refractivity contribution in [3.63, 3.8) is 0 Å². The average Bonchev–Trinajstić information content (AvgIpc) is 2.28. The molecule has 0 N–H and O–H groups in total. The summed E-state index contributed by atoms with van der Waals surface area (Å²) in [7, 11) is 0. The number of benzene rings is 1. The number of hydrogen-bond acceptors (Lipinski definition) is 0. The molecule has 2 rings (SSSR count). The summed E-state index contributed by atoms with van der Waals surface area (Å²) in [5.41, 5.74) is 3.17. The van der Waals surface area contributed by atoms with Gasteiger partial charge in [0.05, 0.1) is 0 Å². The van der Waals surface area contributed by atoms with Crippen LogP contribution in [-0.2, 0) is 5.41 Å². The van der Waals surface area contributed by atoms with Crippen LogP contribution < -0.4 is 0 Å². The van der Waals surface area contributed by atoms with Gasteiger partial charge in [-0.05, 0) is 41.4 Å². The highest BCUT2D eigenvalue weighted by molar-refractivity contribution is 9.10. The second kappa shape index (κ2) is 5.14. The minimum Gasteiger partial charge on any atom is -0.0584 e. The van der Waals surface area contributed by atoms with Crippen molar-refractivity contribution in [3.05, 3.63) is 33.8 Å². The molecule has 1 fully saturated rings. The highest BCUT2D eigenvalue weighted by Crippen LogP contribution is 2.36. The Kier molecular flexibility index (Phi) is 3.97. The Bertz CT molecular complexity index is 381. The molecule has 0 unspecified atom stereocenters. The zero-order chi connectivity index (χ0) is 12.5. The van der Waals surface area contributed by atoms with Gasteiger partial charge in [-0.2, -0.15) is 0 Å². The van der Waals surface area contributed by atoms with Crippen molar-refractivity contribution in [3.8, 4) is 0 Å². The lowest BCUT2D eigenvalue weighted by Gasteiger charge is -2.25. The highest BCUT2D eigenvalue weighted by atomic mass is 79.9. The lowest BCUT2D eigenvalue weighted by Crippen LogP contribution is -2.13. The van der Waals surface area contributed by atoms with Gasteiger partial charge >= 0.3 is 0 Å². The van der Waals surface area contributed by atoms with Crippen molar-refractivity contribution in [2.45, 2.75) is 64.2 Å². The second-order valence-electron chi connectivity index (χ2n) is 6.32. The topological polar surface area (TPSA) is 0 Å². The van der Waals surface area contributed by atoms with Crippen LogP contribution in [0.4, 0.5) is 0 Å². The van der Waals surface area contributed by atoms with Crippen LogP contribution in [0, 0.1) is 0 Å². The van der Waals surface area contributed by atoms with Crippen molar-refractivity contribution in [1.82, 2.24) is 0 Å². The molecule has 1 aromatic rings. The standard InChI is InChI=1S/C16H23Br/c1-16(2,3)14-10-9-13(11-15(14)17)12-7-5-4-6-8-12/h9-12H,4-8H2,1-3H3. The first-order valence-electron chi connectivity index (χ1n) is 6.78. The fourth-order valence-corrected chi connectivity index (χ4v) is 3.82. The Morgan fingerprint density at radius 2 is 1.71 bits per heavy atom. The van der Waals surface area contributed by atoms with Gasteiger partial charge in [-0.15, -0.1) is 0 Å². The summed E-state index contributed by atoms with van der Waals surface area (Å²) < 4.78 is 1.29. The number of rotatable bonds is 1. The molecule has 0 nitrogen and oxygen atoms in total. The van der Waals surface area contributed by atoms with Gasteiger partial charge in [0.2, 0.25) is 0 Å². The predicted molar refractivity (Wildman–Crippen MR) is 78.7 cm³/mol. The maximum absolute atomic E-state index is 3.75. The summed E-state index contributed by atoms with van der Waals surface area (Å²) in [4.78, 5) is 0. The Labute approximate surface area is 114 Å². The Balaban J connectivity index is 2.24. The number of halogens is 1. The maximum atomic E-state index is 3.75. The second-order valence-corrected chi connectivity index (χ2v) is 7.18. The molecule has 1 saturated carbocycles. The monoisotopic (exact) mass is 294 g/mol. The Morgan fingerprint density at radius 3 is 2.24 bits per heavy atom. The van der Waals surface area contributed by atoms with E-state index in [2.05, 4.69) is 54.9 Å². The first-order valence-corrected chi connectivity index (χ1v) is 7.58. The number of hydrogen-bond donors (Lipinski definition) is 0. The summed E-state index contributed by atoms with van der Waals surface area (Å²) in [6.07, 6.45) is 6.99. The maximum Gasteiger partial charge on any atom is 0.0215 e. The van der Waals surface area contributed by atoms with Crippen LogP contribution in [0.3, 0.4) is 0 Å². The minimum absolute atomic E-state index is 0.226. The molecular formula is C16H23Br. The summed E-state index contributed by atoms with van der Waals surface area (Å²) >= 11 is 3.75. The first-order chi connectivity index (χ1) is 7.98. The lowest BCUT2D eigenvalue weighted by atomic mass is 9.81. The fraction of sp³-hybridized carbons (Fsp3) is 0.625. The SMILES string of the molecule is CC(C)(C)c1ccc(C2CCCCC2)cc1Br. The first kappa shape index (κ1) is 13.1. The molecule has 1 heteroatoms. The molecule has 1 aliphatic rings. The third kappa shape index (κ3) is 3.13. The molecule has 0 amide bonds. The van der Waals surface area contributed by atoms with E-state index in [-0.39, 0.29) is 5.41 Å². The van der Waals surface area contributed by atoms with Gasteiger partial charge in [-0.25, -0.2) is 0 Å². The molecule has 0 saturated heterocycles. The van der Waals surface area contributed by atoms with E-state index in [0.29, 0.717) is 0 Å². The Morgan fingerprint density at radius 1 is 1.06 bits per heavy atom. The lowest BCUT2D eigenvalue weighted by molar-refractivity contribution is 0.443. The summed E-state index contributed by atoms with van der Waals surface area (Å²) in [6, 6.07) is 7.02. The zero-order valence-electron chi connectivity index (χ0n) is 11.2. The van der Waals surface area contributed by atoms with Gasteiger partial charge in [-0.1, -0.05) is 68.1 Å². The summed E-state index contributed by atoms with van der Waals surface area (Å²) in [5, 5.41) is 0. The molecule has 0 radical (unpaired) electrons. The van der Waals surface area contributed by atoms with E-state index >= 15 is 0 Å². The fourth-order valence-electron chi connectivity index (χ4n) is 2.83. The van der Waals surface area contributed by atoms with Crippen molar-refractivity contribution in [1.29, 1.82) is 0 Å². The van der Waals surface area contributed by atoms with Crippen LogP contribution in [-0.4, -0.2) is 0 Å². The van der Waals surface area contributed by atoms with Crippen LogP contribution in [0.1, 0.15) is 69.9 Å². The smallest absolute Gasteiger partial charge is 0.0215 e. The molecule has 0 aromatic heterocycles. The quantitative estimate of drug-likeness (QED) is 0.614. The van der Waals surface area contributed by atoms with Gasteiger partial charge in [-0.3, -0.25) is 0 Å². The van der Waals surface area contributed by atoms with E-state index in [4.69, 9.17) is 0 Å². The molecule has 0 bridgehead atoms. The average molecular weight is 295 g/mol. The zero-order valence-corrected chi connectivity index (χ0v) is 12.8. The van der Waals surface area contributed by atoms with Crippen LogP contribution >= 0.6 is 15.9 Å². The summed E-state index contributed by atoms with van der Waals surface area (Å²) in [5.74, 6) is 0.800. The van der Waals surface area contributed by atoms with E-state index in [9.17, 15) is 0 Å². The largest absolute Gasteiger partial charge is 0.0584 e. The summed E-state index contributed by atoms with van der Waals surface area (Å²) in [6.45, 7) is 6.81. The molecule has 17 heavy (non-hydrogen) atoms. The normalized spacial score (nSPS) is 18.4. The van der Waals surface area contributed by atoms with Crippen LogP contribution in [0.25, 0.3) is 0 Å². The van der Waals surface area contributed by atoms with E-state index < -0.39 is 0 Å². The van der Waals surface area contributed by atoms with Gasteiger partial charge < -0.3 is 0 Å². The van der Waals surface area contributed by atoms with Crippen LogP contribution in [0.15, 0.2) is 22.7 Å². The van der Waals surface area contributed by atoms with E-state index in [1.807, 2.05) is 0 Å². The van der Waals surface area contributed by atoms with Gasteiger partial charge in [0.25, 0.3) is 0 Å². The van der Waals surface area contributed by atoms with Gasteiger partial charge in [0.1, 0.15) is 0 Å². The third-order valence-corrected chi connectivity index (χ3v) is 4.53. The molecule has 0 atom stereocenters. The van der Waals surface area contributed by atoms with Crippen molar-refractivity contribution in [2.24, 2.45) is 0 Å². The molecule has 94 valence electrons. The third-order valence-electron chi connectivity index (χ3n) is 3.88. The van der Waals surface area contributed by atoms with E-state index in [1.54, 1.807) is 0 Å². The van der Waals surface area contributed by atoms with Crippen molar-refractivity contribution >= 4 is 15.9 Å². The van der Waals surface area contributed by atoms with E-state index in [0.717, 1.165) is 5.92 Å². The molecular weight excluding hydrogens is 272 g/mol. The van der Waals surface area contributed by atoms with E-state index in [1.165, 1.54) is 47.7 Å². The van der Waals surface area contributed by atoms with Crippen LogP contribution in [0.5, 0.6) is 0 Å². The van der Waals surface area contributed by atoms with Crippen molar-refractivity contribution < 1.29 is 0 Å². The van der Waals surface area contributed by atoms with Gasteiger partial charge in [0, 0.05) is 4.47 Å². The molecule has 0 heterocycles. The molecule has 1 aromatic carbocycles. The van der Waals surface area contributed by atoms with Crippen LogP contribution in [0.2, 0.25) is 0 Å². The molecule has 0 aliphatic heterocycles. The van der Waals surface area contributed by atoms with Crippen molar-refractivity contribution in [2.75, 3.05) is 0 Å². The minimum atomic E-state index is 0.226. The Hall–Kier alpha value is -0.300. The molecule has 1 aliphatic carbocycles. The van der Waals surface area contributed by atoms with Gasteiger partial charge in [0.15, 0.2) is 0 Å². The predicted octanol–water partition coefficient (Wildman–Crippen LogP) is 5.79. The molecule has 0 spiro atoms. The highest BCUT2D eigenvalue weighted by Gasteiger charge is 2.20.